The Bertz CT molecular complexity index is 905. The van der Waals surface area contributed by atoms with Crippen molar-refractivity contribution in [2.45, 2.75) is 20.4 Å². The Morgan fingerprint density at radius 3 is 2.76 bits per heavy atom. The minimum Gasteiger partial charge on any atom is -0.480 e. The van der Waals surface area contributed by atoms with Crippen LogP contribution in [0.25, 0.3) is 10.6 Å². The molecule has 5 nitrogen and oxygen atoms in total. The normalized spacial score (nSPS) is 10.5. The number of benzene rings is 1. The number of hydrogen-bond acceptors (Lipinski definition) is 5. The highest BCUT2D eigenvalue weighted by Crippen LogP contribution is 2.30. The first kappa shape index (κ1) is 17.1. The maximum atomic E-state index is 12.4. The number of nitrogens with zero attached hydrogens (tertiary/aromatic N) is 2. The Labute approximate surface area is 150 Å². The molecular weight excluding hydrogens is 334 g/mol. The van der Waals surface area contributed by atoms with Gasteiger partial charge in [0.2, 0.25) is 5.88 Å². The molecule has 1 N–H and O–H groups in total. The number of hydrogen-bond donors (Lipinski definition) is 1. The van der Waals surface area contributed by atoms with E-state index in [2.05, 4.69) is 34.3 Å². The van der Waals surface area contributed by atoms with Gasteiger partial charge < -0.3 is 10.1 Å². The van der Waals surface area contributed by atoms with Crippen LogP contribution in [-0.4, -0.2) is 23.0 Å². The van der Waals surface area contributed by atoms with Crippen LogP contribution >= 0.6 is 11.3 Å². The first-order valence-corrected chi connectivity index (χ1v) is 8.71. The molecule has 3 aromatic rings. The lowest BCUT2D eigenvalue weighted by Crippen LogP contribution is -2.23. The summed E-state index contributed by atoms with van der Waals surface area (Å²) < 4.78 is 5.14. The maximum Gasteiger partial charge on any atom is 0.257 e. The third-order valence-corrected chi connectivity index (χ3v) is 5.08. The van der Waals surface area contributed by atoms with Crippen LogP contribution in [0.4, 0.5) is 0 Å². The predicted octanol–water partition coefficient (Wildman–Crippen LogP) is 3.76. The molecule has 3 rings (SSSR count). The van der Waals surface area contributed by atoms with Crippen LogP contribution in [0.15, 0.2) is 42.6 Å². The van der Waals surface area contributed by atoms with E-state index >= 15 is 0 Å². The Kier molecular flexibility index (Phi) is 5.09. The van der Waals surface area contributed by atoms with E-state index in [1.165, 1.54) is 12.7 Å². The molecule has 0 aliphatic heterocycles. The molecule has 1 aromatic carbocycles. The van der Waals surface area contributed by atoms with E-state index in [0.29, 0.717) is 18.0 Å². The summed E-state index contributed by atoms with van der Waals surface area (Å²) in [5.41, 5.74) is 3.67. The molecule has 128 valence electrons. The molecule has 0 aliphatic rings. The monoisotopic (exact) mass is 353 g/mol. The number of nitrogens with one attached hydrogen (secondary N) is 1. The largest absolute Gasteiger partial charge is 0.480 e. The molecule has 2 aromatic heterocycles. The lowest BCUT2D eigenvalue weighted by Gasteiger charge is -2.07. The average molecular weight is 353 g/mol. The molecule has 0 saturated carbocycles. The lowest BCUT2D eigenvalue weighted by molar-refractivity contribution is 0.0947. The molecule has 0 unspecified atom stereocenters. The van der Waals surface area contributed by atoms with Gasteiger partial charge in [0.25, 0.3) is 5.91 Å². The number of thiazole rings is 1. The molecule has 0 radical (unpaired) electrons. The smallest absolute Gasteiger partial charge is 0.257 e. The number of methoxy groups -OCH3 is 1. The first-order valence-electron chi connectivity index (χ1n) is 7.89. The predicted molar refractivity (Wildman–Crippen MR) is 99.0 cm³/mol. The highest BCUT2D eigenvalue weighted by molar-refractivity contribution is 7.15. The number of ether oxygens (including phenoxy) is 1. The van der Waals surface area contributed by atoms with Gasteiger partial charge in [0, 0.05) is 16.6 Å². The van der Waals surface area contributed by atoms with E-state index < -0.39 is 0 Å². The zero-order valence-electron chi connectivity index (χ0n) is 14.4. The van der Waals surface area contributed by atoms with Gasteiger partial charge in [-0.2, -0.15) is 0 Å². The Morgan fingerprint density at radius 2 is 2.00 bits per heavy atom. The van der Waals surface area contributed by atoms with Crippen molar-refractivity contribution < 1.29 is 9.53 Å². The third-order valence-electron chi connectivity index (χ3n) is 3.89. The number of rotatable bonds is 5. The number of carbonyl (C=O) groups excluding carboxylic acids is 1. The fourth-order valence-electron chi connectivity index (χ4n) is 2.50. The summed E-state index contributed by atoms with van der Waals surface area (Å²) in [5.74, 6) is 0.108. The molecule has 0 aliphatic carbocycles. The van der Waals surface area contributed by atoms with Crippen LogP contribution in [-0.2, 0) is 6.54 Å². The van der Waals surface area contributed by atoms with Gasteiger partial charge in [0.15, 0.2) is 0 Å². The van der Waals surface area contributed by atoms with Crippen molar-refractivity contribution >= 4 is 17.2 Å². The Morgan fingerprint density at radius 1 is 1.20 bits per heavy atom. The topological polar surface area (TPSA) is 64.1 Å². The van der Waals surface area contributed by atoms with Gasteiger partial charge in [-0.1, -0.05) is 24.3 Å². The van der Waals surface area contributed by atoms with Crippen molar-refractivity contribution in [2.24, 2.45) is 0 Å². The number of pyridine rings is 1. The average Bonchev–Trinajstić information content (AvgIpc) is 3.00. The van der Waals surface area contributed by atoms with E-state index in [4.69, 9.17) is 4.74 Å². The zero-order chi connectivity index (χ0) is 17.8. The van der Waals surface area contributed by atoms with E-state index in [-0.39, 0.29) is 5.91 Å². The molecule has 1 amide bonds. The van der Waals surface area contributed by atoms with E-state index in [9.17, 15) is 4.79 Å². The van der Waals surface area contributed by atoms with Gasteiger partial charge in [-0.25, -0.2) is 9.97 Å². The third kappa shape index (κ3) is 3.69. The maximum absolute atomic E-state index is 12.4. The summed E-state index contributed by atoms with van der Waals surface area (Å²) in [7, 11) is 1.50. The summed E-state index contributed by atoms with van der Waals surface area (Å²) >= 11 is 1.60. The van der Waals surface area contributed by atoms with Crippen LogP contribution < -0.4 is 10.1 Å². The van der Waals surface area contributed by atoms with Gasteiger partial charge in [-0.05, 0) is 31.5 Å². The standard InChI is InChI=1S/C19H19N3O2S/c1-12-7-4-5-8-14(12)19-22-13(2)16(25-19)11-21-17(23)15-9-6-10-20-18(15)24-3/h4-10H,11H2,1-3H3,(H,21,23). The SMILES string of the molecule is COc1ncccc1C(=O)NCc1sc(-c2ccccc2C)nc1C. The molecule has 0 atom stereocenters. The summed E-state index contributed by atoms with van der Waals surface area (Å²) in [4.78, 5) is 22.1. The number of amides is 1. The van der Waals surface area contributed by atoms with Gasteiger partial charge in [-0.3, -0.25) is 4.79 Å². The fraction of sp³-hybridized carbons (Fsp3) is 0.211. The van der Waals surface area contributed by atoms with Gasteiger partial charge in [-0.15, -0.1) is 11.3 Å². The van der Waals surface area contributed by atoms with Crippen LogP contribution in [0.5, 0.6) is 5.88 Å². The van der Waals surface area contributed by atoms with Gasteiger partial charge >= 0.3 is 0 Å². The fourth-order valence-corrected chi connectivity index (χ4v) is 3.59. The summed E-state index contributed by atoms with van der Waals surface area (Å²) in [6, 6.07) is 11.6. The Balaban J connectivity index is 1.76. The van der Waals surface area contributed by atoms with Crippen molar-refractivity contribution in [3.05, 3.63) is 64.3 Å². The molecule has 25 heavy (non-hydrogen) atoms. The Hall–Kier alpha value is -2.73. The zero-order valence-corrected chi connectivity index (χ0v) is 15.2. The molecule has 0 spiro atoms. The number of carbonyl (C=O) groups is 1. The molecule has 0 saturated heterocycles. The lowest BCUT2D eigenvalue weighted by atomic mass is 10.1. The number of aryl methyl sites for hydroxylation is 2. The second-order valence-corrected chi connectivity index (χ2v) is 6.67. The van der Waals surface area contributed by atoms with Crippen molar-refractivity contribution in [3.8, 4) is 16.5 Å². The highest BCUT2D eigenvalue weighted by Gasteiger charge is 2.15. The minimum atomic E-state index is -0.213. The van der Waals surface area contributed by atoms with E-state index in [1.54, 1.807) is 29.7 Å². The van der Waals surface area contributed by atoms with Gasteiger partial charge in [0.1, 0.15) is 10.6 Å². The molecule has 6 heteroatoms. The number of aromatic nitrogens is 2. The van der Waals surface area contributed by atoms with Crippen molar-refractivity contribution in [1.29, 1.82) is 0 Å². The van der Waals surface area contributed by atoms with Crippen molar-refractivity contribution in [1.82, 2.24) is 15.3 Å². The molecule has 0 bridgehead atoms. The van der Waals surface area contributed by atoms with E-state index in [1.807, 2.05) is 19.1 Å². The first-order chi connectivity index (χ1) is 12.1. The molecular formula is C19H19N3O2S. The van der Waals surface area contributed by atoms with E-state index in [0.717, 1.165) is 21.1 Å². The van der Waals surface area contributed by atoms with Crippen LogP contribution in [0.3, 0.4) is 0 Å². The van der Waals surface area contributed by atoms with Crippen molar-refractivity contribution in [2.75, 3.05) is 7.11 Å². The second kappa shape index (κ2) is 7.44. The second-order valence-electron chi connectivity index (χ2n) is 5.59. The summed E-state index contributed by atoms with van der Waals surface area (Å²) in [6.45, 7) is 4.46. The van der Waals surface area contributed by atoms with Crippen LogP contribution in [0, 0.1) is 13.8 Å². The molecule has 2 heterocycles. The highest BCUT2D eigenvalue weighted by atomic mass is 32.1. The van der Waals surface area contributed by atoms with Crippen molar-refractivity contribution in [3.63, 3.8) is 0 Å². The summed E-state index contributed by atoms with van der Waals surface area (Å²) in [5, 5.41) is 3.89. The van der Waals surface area contributed by atoms with Crippen LogP contribution in [0.1, 0.15) is 26.5 Å². The minimum absolute atomic E-state index is 0.213. The molecule has 0 fully saturated rings. The quantitative estimate of drug-likeness (QED) is 0.758. The van der Waals surface area contributed by atoms with Crippen LogP contribution in [0.2, 0.25) is 0 Å². The van der Waals surface area contributed by atoms with Gasteiger partial charge in [0.05, 0.1) is 19.3 Å². The summed E-state index contributed by atoms with van der Waals surface area (Å²) in [6.07, 6.45) is 1.59.